The molecular formula is C76H85ClN16O6S2. The molecule has 0 saturated carbocycles. The number of hydrogen-bond acceptors (Lipinski definition) is 22. The van der Waals surface area contributed by atoms with Gasteiger partial charge in [0.15, 0.2) is 29.0 Å². The van der Waals surface area contributed by atoms with Crippen LogP contribution in [0.15, 0.2) is 147 Å². The molecule has 0 unspecified atom stereocenters. The Balaban J connectivity index is 0.000000159. The van der Waals surface area contributed by atoms with Crippen LogP contribution in [0.1, 0.15) is 77.3 Å². The number of carbonyl (C=O) groups excluding carboxylic acids is 4. The fourth-order valence-electron chi connectivity index (χ4n) is 13.5. The van der Waals surface area contributed by atoms with Crippen LogP contribution in [0.4, 0.5) is 11.6 Å². The van der Waals surface area contributed by atoms with Gasteiger partial charge in [-0.2, -0.15) is 10.2 Å². The molecule has 14 rings (SSSR count). The minimum absolute atomic E-state index is 0.0215. The summed E-state index contributed by atoms with van der Waals surface area (Å²) in [6.45, 7) is 14.5. The van der Waals surface area contributed by atoms with E-state index in [9.17, 15) is 19.2 Å². The predicted octanol–water partition coefficient (Wildman–Crippen LogP) is 11.9. The summed E-state index contributed by atoms with van der Waals surface area (Å²) in [5.41, 5.74) is 9.01. The lowest BCUT2D eigenvalue weighted by atomic mass is 9.92. The molecule has 524 valence electrons. The summed E-state index contributed by atoms with van der Waals surface area (Å²) in [6, 6.07) is 31.3. The number of halogens is 1. The molecule has 22 nitrogen and oxygen atoms in total. The number of alkyl halides is 1. The van der Waals surface area contributed by atoms with Crippen molar-refractivity contribution in [2.45, 2.75) is 101 Å². The second kappa shape index (κ2) is 33.2. The van der Waals surface area contributed by atoms with E-state index in [-0.39, 0.29) is 57.8 Å². The zero-order valence-electron chi connectivity index (χ0n) is 57.9. The lowest BCUT2D eigenvalue weighted by Gasteiger charge is -2.33. The Morgan fingerprint density at radius 2 is 1.00 bits per heavy atom. The highest BCUT2D eigenvalue weighted by molar-refractivity contribution is 8.01. The van der Waals surface area contributed by atoms with Crippen molar-refractivity contribution in [1.29, 1.82) is 0 Å². The van der Waals surface area contributed by atoms with Gasteiger partial charge in [0.2, 0.25) is 11.8 Å². The number of benzene rings is 2. The lowest BCUT2D eigenvalue weighted by Crippen LogP contribution is -2.42. The molecule has 0 radical (unpaired) electrons. The number of fused-ring (bicyclic) bond motifs is 2. The fraction of sp³-hybridized carbons (Fsp3) is 0.395. The molecule has 101 heavy (non-hydrogen) atoms. The molecule has 2 aromatic carbocycles. The van der Waals surface area contributed by atoms with Crippen molar-refractivity contribution in [2.24, 2.45) is 11.8 Å². The van der Waals surface area contributed by atoms with Crippen LogP contribution in [0.5, 0.6) is 11.8 Å². The topological polar surface area (TPSA) is 269 Å². The van der Waals surface area contributed by atoms with Crippen molar-refractivity contribution < 1.29 is 28.7 Å². The predicted molar refractivity (Wildman–Crippen MR) is 400 cm³/mol. The zero-order chi connectivity index (χ0) is 70.5. The second-order valence-electron chi connectivity index (χ2n) is 26.5. The van der Waals surface area contributed by atoms with Gasteiger partial charge in [0.1, 0.15) is 28.8 Å². The first-order valence-electron chi connectivity index (χ1n) is 34.5. The second-order valence-corrected chi connectivity index (χ2v) is 29.2. The van der Waals surface area contributed by atoms with E-state index in [4.69, 9.17) is 21.1 Å². The van der Waals surface area contributed by atoms with E-state index in [1.807, 2.05) is 119 Å². The number of thioether (sulfide) groups is 2. The first-order chi connectivity index (χ1) is 49.1. The highest BCUT2D eigenvalue weighted by Crippen LogP contribution is 2.38. The number of ether oxygens (including phenoxy) is 2. The molecule has 0 aliphatic carbocycles. The Kier molecular flexibility index (Phi) is 23.6. The van der Waals surface area contributed by atoms with Crippen LogP contribution in [0, 0.1) is 11.8 Å². The van der Waals surface area contributed by atoms with Gasteiger partial charge in [-0.3, -0.25) is 34.3 Å². The average Bonchev–Trinajstić information content (AvgIpc) is 1.50. The van der Waals surface area contributed by atoms with Gasteiger partial charge in [-0.25, -0.2) is 39.9 Å². The van der Waals surface area contributed by atoms with E-state index >= 15 is 0 Å². The van der Waals surface area contributed by atoms with Gasteiger partial charge in [-0.1, -0.05) is 12.1 Å². The third-order valence-electron chi connectivity index (χ3n) is 19.1. The molecule has 12 heterocycles. The van der Waals surface area contributed by atoms with Gasteiger partial charge >= 0.3 is 0 Å². The Morgan fingerprint density at radius 3 is 1.41 bits per heavy atom. The van der Waals surface area contributed by atoms with Crippen molar-refractivity contribution in [3.63, 3.8) is 0 Å². The summed E-state index contributed by atoms with van der Waals surface area (Å²) in [5, 5.41) is 20.5. The zero-order valence-corrected chi connectivity index (χ0v) is 60.2. The normalized spacial score (nSPS) is 18.1. The first-order valence-corrected chi connectivity index (χ1v) is 37.5. The number of H-pyrrole nitrogens is 2. The van der Waals surface area contributed by atoms with Crippen molar-refractivity contribution in [3.8, 4) is 57.1 Å². The fourth-order valence-corrected chi connectivity index (χ4v) is 15.4. The highest BCUT2D eigenvalue weighted by atomic mass is 35.5. The first kappa shape index (κ1) is 71.7. The summed E-state index contributed by atoms with van der Waals surface area (Å²) in [7, 11) is 0. The largest absolute Gasteiger partial charge is 0.475 e. The molecule has 2 atom stereocenters. The van der Waals surface area contributed by atoms with E-state index in [1.165, 1.54) is 0 Å². The smallest absolute Gasteiger partial charge is 0.213 e. The number of carbonyl (C=O) groups is 4. The molecule has 25 heteroatoms. The Labute approximate surface area is 601 Å². The summed E-state index contributed by atoms with van der Waals surface area (Å²) < 4.78 is 10.5. The van der Waals surface area contributed by atoms with Crippen LogP contribution in [-0.2, 0) is 32.0 Å². The third kappa shape index (κ3) is 17.5. The molecule has 10 aromatic rings. The van der Waals surface area contributed by atoms with Crippen LogP contribution < -0.4 is 24.6 Å². The van der Waals surface area contributed by atoms with Gasteiger partial charge in [0, 0.05) is 165 Å². The van der Waals surface area contributed by atoms with Gasteiger partial charge < -0.3 is 24.6 Å². The Bertz CT molecular complexity index is 4420. The van der Waals surface area contributed by atoms with Crippen molar-refractivity contribution in [1.82, 2.24) is 70.5 Å². The Hall–Kier alpha value is -9.07. The summed E-state index contributed by atoms with van der Waals surface area (Å²) in [4.78, 5) is 93.7. The van der Waals surface area contributed by atoms with Crippen LogP contribution in [-0.4, -0.2) is 187 Å². The number of aromatic nitrogens is 12. The molecule has 0 amide bonds. The number of anilines is 2. The number of ketones is 4. The van der Waals surface area contributed by atoms with Crippen LogP contribution in [0.25, 0.3) is 67.1 Å². The molecule has 0 bridgehead atoms. The van der Waals surface area contributed by atoms with Gasteiger partial charge in [0.25, 0.3) is 0 Å². The van der Waals surface area contributed by atoms with E-state index < -0.39 is 4.75 Å². The van der Waals surface area contributed by atoms with E-state index in [0.29, 0.717) is 49.3 Å². The maximum Gasteiger partial charge on any atom is 0.213 e. The van der Waals surface area contributed by atoms with Gasteiger partial charge in [-0.15, -0.1) is 35.1 Å². The third-order valence-corrected chi connectivity index (χ3v) is 22.1. The molecule has 4 aliphatic heterocycles. The number of nitrogens with zero attached hydrogens (tertiary/aromatic N) is 13. The monoisotopic (exact) mass is 1420 g/mol. The van der Waals surface area contributed by atoms with Crippen molar-refractivity contribution >= 4 is 91.7 Å². The number of Topliss-reactive ketones (excluding diaryl/α,β-unsaturated/α-hetero) is 4. The number of likely N-dealkylation sites (tertiary alicyclic amines) is 1. The summed E-state index contributed by atoms with van der Waals surface area (Å²) >= 11 is 8.91. The molecule has 4 fully saturated rings. The van der Waals surface area contributed by atoms with E-state index in [2.05, 4.69) is 92.4 Å². The summed E-state index contributed by atoms with van der Waals surface area (Å²) in [5.74, 6) is 5.50. The van der Waals surface area contributed by atoms with Crippen molar-refractivity contribution in [2.75, 3.05) is 87.1 Å². The maximum atomic E-state index is 13.9. The van der Waals surface area contributed by atoms with Crippen molar-refractivity contribution in [3.05, 3.63) is 158 Å². The van der Waals surface area contributed by atoms with E-state index in [0.717, 1.165) is 163 Å². The molecule has 0 spiro atoms. The van der Waals surface area contributed by atoms with Gasteiger partial charge in [-0.05, 0) is 169 Å². The number of hydrogen-bond donors (Lipinski definition) is 3. The SMILES string of the molecule is CS[C@@]1(C(=O)Cc2ccc3[nH]nc(-c4ccc(OC(C)C)nc4)c3c2)CCN(CC(=O)C2CCN(c3ccc(-c4ncccn4)cn3)CC2)C1.CS[C@@]1(C(=O)Cc2ccc3[nH]nc(-c4ccc(OC(C)C)nc4)c3c2)CCNC1.O=C(CCl)C1CCN(c2ccc(-c3ncccn3)cn2)CC1. The number of piperidine rings is 2. The number of rotatable bonds is 23. The van der Waals surface area contributed by atoms with Crippen LogP contribution >= 0.6 is 35.1 Å². The molecule has 3 N–H and O–H groups in total. The number of aromatic amines is 2. The standard InChI is InChI=1S/C38H42N8O3S.C22H26N4O2S.C16H17ClN4O/c1-25(2)49-35-10-7-28(21-42-35)36-30-19-26(5-8-31(30)43-44-36)20-33(48)38(50-3)13-18-45(24-38)23-32(47)27-11-16-46(17-12-27)34-9-6-29(22-41-34)37-39-14-4-15-40-37;1-14(2)28-20-7-5-16(12-24-20)21-17-10-15(4-6-18(17)25-26-21)11-19(27)22(29-3)8-9-23-13-22;17-10-14(22)12-4-8-21(9-5-12)15-3-2-13(11-20-15)16-18-6-1-7-19-16/h4-10,14-15,19,21-22,25,27H,11-13,16-18,20,23-24H2,1-3H3,(H,43,44);4-7,10,12,14,23H,8-9,11,13H2,1-3H3,(H,25,26);1-3,6-7,11-12H,4-5,8-10H2/t38-;22-;/m00./s1. The molecule has 4 aliphatic rings. The lowest BCUT2D eigenvalue weighted by molar-refractivity contribution is -0.125. The minimum Gasteiger partial charge on any atom is -0.475 e. The van der Waals surface area contributed by atoms with Crippen LogP contribution in [0.3, 0.4) is 0 Å². The number of nitrogens with one attached hydrogen (secondary N) is 3. The highest BCUT2D eigenvalue weighted by Gasteiger charge is 2.45. The molecule has 4 saturated heterocycles. The quantitative estimate of drug-likeness (QED) is 0.0502. The average molecular weight is 1420 g/mol. The minimum atomic E-state index is -0.531. The molecular weight excluding hydrogens is 1330 g/mol. The maximum absolute atomic E-state index is 13.9. The number of pyridine rings is 4. The van der Waals surface area contributed by atoms with Gasteiger partial charge in [0.05, 0.1) is 45.2 Å². The van der Waals surface area contributed by atoms with E-state index in [1.54, 1.807) is 79.0 Å². The van der Waals surface area contributed by atoms with Crippen LogP contribution in [0.2, 0.25) is 0 Å². The molecule has 8 aromatic heterocycles. The Morgan fingerprint density at radius 1 is 0.545 bits per heavy atom. The summed E-state index contributed by atoms with van der Waals surface area (Å²) in [6.07, 6.45) is 23.9.